The van der Waals surface area contributed by atoms with Crippen molar-refractivity contribution < 1.29 is 4.79 Å². The zero-order valence-corrected chi connectivity index (χ0v) is 16.6. The molecule has 1 aliphatic carbocycles. The summed E-state index contributed by atoms with van der Waals surface area (Å²) in [6.07, 6.45) is 5.84. The van der Waals surface area contributed by atoms with Gasteiger partial charge in [0.05, 0.1) is 11.0 Å². The molecule has 0 aliphatic heterocycles. The SMILES string of the molecule is O=C(CSC(c1ccccc1)c1ccccc1)N(Cc1cccnc1)C1CC1. The van der Waals surface area contributed by atoms with E-state index in [4.69, 9.17) is 0 Å². The van der Waals surface area contributed by atoms with Crippen molar-refractivity contribution in [3.63, 3.8) is 0 Å². The van der Waals surface area contributed by atoms with Crippen LogP contribution in [0.15, 0.2) is 85.2 Å². The van der Waals surface area contributed by atoms with Crippen molar-refractivity contribution in [1.82, 2.24) is 9.88 Å². The molecule has 1 aliphatic rings. The Bertz CT molecular complexity index is 843. The van der Waals surface area contributed by atoms with Crippen molar-refractivity contribution in [3.8, 4) is 0 Å². The molecule has 0 bridgehead atoms. The minimum absolute atomic E-state index is 0.158. The van der Waals surface area contributed by atoms with Crippen molar-refractivity contribution in [2.45, 2.75) is 30.7 Å². The maximum atomic E-state index is 13.1. The van der Waals surface area contributed by atoms with Crippen LogP contribution < -0.4 is 0 Å². The van der Waals surface area contributed by atoms with E-state index in [1.807, 2.05) is 35.4 Å². The summed E-state index contributed by atoms with van der Waals surface area (Å²) in [4.78, 5) is 19.3. The average molecular weight is 389 g/mol. The zero-order chi connectivity index (χ0) is 19.2. The molecule has 0 spiro atoms. The molecule has 142 valence electrons. The predicted octanol–water partition coefficient (Wildman–Crippen LogP) is 5.10. The molecule has 0 radical (unpaired) electrons. The molecule has 0 atom stereocenters. The Balaban J connectivity index is 1.47. The Kier molecular flexibility index (Phi) is 6.07. The lowest BCUT2D eigenvalue weighted by Crippen LogP contribution is -2.34. The topological polar surface area (TPSA) is 33.2 Å². The molecule has 1 fully saturated rings. The van der Waals surface area contributed by atoms with Crippen LogP contribution in [0, 0.1) is 0 Å². The second-order valence-electron chi connectivity index (χ2n) is 7.13. The van der Waals surface area contributed by atoms with Crippen LogP contribution in [0.25, 0.3) is 0 Å². The van der Waals surface area contributed by atoms with Crippen molar-refractivity contribution in [1.29, 1.82) is 0 Å². The van der Waals surface area contributed by atoms with Crippen LogP contribution in [0.3, 0.4) is 0 Å². The number of benzene rings is 2. The highest BCUT2D eigenvalue weighted by Gasteiger charge is 2.32. The number of rotatable bonds is 8. The quantitative estimate of drug-likeness (QED) is 0.538. The Hall–Kier alpha value is -2.59. The first-order valence-electron chi connectivity index (χ1n) is 9.71. The highest BCUT2D eigenvalue weighted by molar-refractivity contribution is 8.00. The van der Waals surface area contributed by atoms with Crippen LogP contribution in [0.4, 0.5) is 0 Å². The molecule has 1 heterocycles. The highest BCUT2D eigenvalue weighted by atomic mass is 32.2. The molecule has 4 heteroatoms. The van der Waals surface area contributed by atoms with Gasteiger partial charge in [-0.2, -0.15) is 0 Å². The smallest absolute Gasteiger partial charge is 0.233 e. The van der Waals surface area contributed by atoms with Crippen molar-refractivity contribution in [2.24, 2.45) is 0 Å². The van der Waals surface area contributed by atoms with Crippen LogP contribution in [0.2, 0.25) is 0 Å². The van der Waals surface area contributed by atoms with Gasteiger partial charge in [-0.3, -0.25) is 9.78 Å². The zero-order valence-electron chi connectivity index (χ0n) is 15.8. The van der Waals surface area contributed by atoms with Gasteiger partial charge in [0, 0.05) is 25.0 Å². The van der Waals surface area contributed by atoms with Gasteiger partial charge < -0.3 is 4.90 Å². The fourth-order valence-corrected chi connectivity index (χ4v) is 4.55. The van der Waals surface area contributed by atoms with Gasteiger partial charge in [0.25, 0.3) is 0 Å². The number of thioether (sulfide) groups is 1. The van der Waals surface area contributed by atoms with E-state index in [1.54, 1.807) is 18.0 Å². The number of amides is 1. The Morgan fingerprint density at radius 1 is 0.964 bits per heavy atom. The van der Waals surface area contributed by atoms with Crippen LogP contribution in [0.1, 0.15) is 34.8 Å². The van der Waals surface area contributed by atoms with Gasteiger partial charge in [-0.1, -0.05) is 66.7 Å². The third kappa shape index (κ3) is 4.82. The normalized spacial score (nSPS) is 13.5. The number of nitrogens with zero attached hydrogens (tertiary/aromatic N) is 2. The van der Waals surface area contributed by atoms with E-state index in [1.165, 1.54) is 11.1 Å². The summed E-state index contributed by atoms with van der Waals surface area (Å²) in [6, 6.07) is 25.2. The van der Waals surface area contributed by atoms with Crippen LogP contribution >= 0.6 is 11.8 Å². The first-order chi connectivity index (χ1) is 13.8. The van der Waals surface area contributed by atoms with Crippen LogP contribution in [-0.4, -0.2) is 27.6 Å². The van der Waals surface area contributed by atoms with Crippen molar-refractivity contribution in [3.05, 3.63) is 102 Å². The molecular weight excluding hydrogens is 364 g/mol. The first kappa shape index (κ1) is 18.8. The summed E-state index contributed by atoms with van der Waals surface area (Å²) in [5.74, 6) is 0.693. The minimum atomic E-state index is 0.158. The van der Waals surface area contributed by atoms with E-state index < -0.39 is 0 Å². The van der Waals surface area contributed by atoms with E-state index in [-0.39, 0.29) is 11.2 Å². The molecule has 3 nitrogen and oxygen atoms in total. The van der Waals surface area contributed by atoms with Crippen LogP contribution in [-0.2, 0) is 11.3 Å². The first-order valence-corrected chi connectivity index (χ1v) is 10.8. The molecule has 1 amide bonds. The Morgan fingerprint density at radius 2 is 1.61 bits per heavy atom. The summed E-state index contributed by atoms with van der Waals surface area (Å²) in [6.45, 7) is 0.652. The average Bonchev–Trinajstić information content (AvgIpc) is 3.59. The molecule has 3 aromatic rings. The summed E-state index contributed by atoms with van der Waals surface area (Å²) in [5, 5.41) is 0.158. The summed E-state index contributed by atoms with van der Waals surface area (Å²) < 4.78 is 0. The molecule has 28 heavy (non-hydrogen) atoms. The maximum Gasteiger partial charge on any atom is 0.233 e. The number of carbonyl (C=O) groups excluding carboxylic acids is 1. The third-order valence-electron chi connectivity index (χ3n) is 4.96. The lowest BCUT2D eigenvalue weighted by molar-refractivity contribution is -0.129. The minimum Gasteiger partial charge on any atom is -0.335 e. The van der Waals surface area contributed by atoms with Gasteiger partial charge in [0.1, 0.15) is 0 Å². The number of carbonyl (C=O) groups is 1. The number of pyridine rings is 1. The van der Waals surface area contributed by atoms with Gasteiger partial charge in [0.2, 0.25) is 5.91 Å². The van der Waals surface area contributed by atoms with E-state index in [0.717, 1.165) is 18.4 Å². The molecule has 2 aromatic carbocycles. The van der Waals surface area contributed by atoms with E-state index in [2.05, 4.69) is 53.5 Å². The second kappa shape index (κ2) is 9.07. The van der Waals surface area contributed by atoms with E-state index in [9.17, 15) is 4.79 Å². The summed E-state index contributed by atoms with van der Waals surface area (Å²) >= 11 is 1.71. The number of aromatic nitrogens is 1. The fourth-order valence-electron chi connectivity index (χ4n) is 3.37. The van der Waals surface area contributed by atoms with Crippen molar-refractivity contribution in [2.75, 3.05) is 5.75 Å². The third-order valence-corrected chi connectivity index (χ3v) is 6.25. The maximum absolute atomic E-state index is 13.1. The standard InChI is InChI=1S/C24H24N2OS/c27-23(26(22-13-14-22)17-19-8-7-15-25-16-19)18-28-24(20-9-3-1-4-10-20)21-11-5-2-6-12-21/h1-12,15-16,22,24H,13-14,17-18H2. The largest absolute Gasteiger partial charge is 0.335 e. The lowest BCUT2D eigenvalue weighted by atomic mass is 10.0. The van der Waals surface area contributed by atoms with Crippen LogP contribution in [0.5, 0.6) is 0 Å². The predicted molar refractivity (Wildman–Crippen MR) is 115 cm³/mol. The van der Waals surface area contributed by atoms with Gasteiger partial charge in [0.15, 0.2) is 0 Å². The van der Waals surface area contributed by atoms with Gasteiger partial charge >= 0.3 is 0 Å². The summed E-state index contributed by atoms with van der Waals surface area (Å²) in [7, 11) is 0. The molecule has 0 saturated heterocycles. The molecule has 0 N–H and O–H groups in total. The second-order valence-corrected chi connectivity index (χ2v) is 8.22. The van der Waals surface area contributed by atoms with Gasteiger partial charge in [-0.25, -0.2) is 0 Å². The van der Waals surface area contributed by atoms with E-state index in [0.29, 0.717) is 18.3 Å². The molecular formula is C24H24N2OS. The molecule has 1 aromatic heterocycles. The van der Waals surface area contributed by atoms with Gasteiger partial charge in [-0.15, -0.1) is 11.8 Å². The van der Waals surface area contributed by atoms with E-state index >= 15 is 0 Å². The number of hydrogen-bond donors (Lipinski definition) is 0. The number of hydrogen-bond acceptors (Lipinski definition) is 3. The highest BCUT2D eigenvalue weighted by Crippen LogP contribution is 2.36. The Morgan fingerprint density at radius 3 is 2.14 bits per heavy atom. The molecule has 1 saturated carbocycles. The molecule has 4 rings (SSSR count). The monoisotopic (exact) mass is 388 g/mol. The Labute approximate surface area is 170 Å². The lowest BCUT2D eigenvalue weighted by Gasteiger charge is -2.24. The van der Waals surface area contributed by atoms with Gasteiger partial charge in [-0.05, 0) is 35.6 Å². The molecule has 0 unspecified atom stereocenters. The van der Waals surface area contributed by atoms with Crippen molar-refractivity contribution >= 4 is 17.7 Å². The summed E-state index contributed by atoms with van der Waals surface area (Å²) in [5.41, 5.74) is 3.56. The fraction of sp³-hybridized carbons (Fsp3) is 0.250.